The van der Waals surface area contributed by atoms with Gasteiger partial charge in [0, 0.05) is 19.3 Å². The van der Waals surface area contributed by atoms with Gasteiger partial charge in [-0.1, -0.05) is 298 Å². The maximum atomic E-state index is 12.9. The Hall–Kier alpha value is -3.41. The lowest BCUT2D eigenvalue weighted by atomic mass is 10.0. The number of carbonyl (C=O) groups excluding carboxylic acids is 3. The molecule has 0 spiro atoms. The summed E-state index contributed by atoms with van der Waals surface area (Å²) in [6.07, 6.45) is 85.9. The molecule has 0 radical (unpaired) electrons. The third-order valence-electron chi connectivity index (χ3n) is 14.4. The van der Waals surface area contributed by atoms with E-state index in [1.165, 1.54) is 186 Å². The van der Waals surface area contributed by atoms with E-state index >= 15 is 0 Å². The summed E-state index contributed by atoms with van der Waals surface area (Å²) in [7, 11) is 0. The predicted octanol–water partition coefficient (Wildman–Crippen LogP) is 22.7. The lowest BCUT2D eigenvalue weighted by Gasteiger charge is -2.18. The van der Waals surface area contributed by atoms with Crippen molar-refractivity contribution in [2.45, 2.75) is 335 Å². The highest BCUT2D eigenvalue weighted by atomic mass is 16.6. The van der Waals surface area contributed by atoms with E-state index in [0.29, 0.717) is 19.3 Å². The minimum Gasteiger partial charge on any atom is -0.462 e. The fraction of sp³-hybridized carbons (Fsp3) is 0.761. The molecule has 0 heterocycles. The molecule has 0 aromatic rings. The van der Waals surface area contributed by atoms with Gasteiger partial charge in [0.1, 0.15) is 13.2 Å². The van der Waals surface area contributed by atoms with E-state index in [0.717, 1.165) is 103 Å². The van der Waals surface area contributed by atoms with Gasteiger partial charge in [-0.05, 0) is 96.3 Å². The zero-order valence-electron chi connectivity index (χ0n) is 51.0. The minimum absolute atomic E-state index is 0.0870. The number of ether oxygens (including phenoxy) is 3. The Morgan fingerprint density at radius 1 is 0.273 bits per heavy atom. The molecular formula is C71H124O6. The highest BCUT2D eigenvalue weighted by Crippen LogP contribution is 2.17. The smallest absolute Gasteiger partial charge is 0.306 e. The fourth-order valence-electron chi connectivity index (χ4n) is 9.44. The van der Waals surface area contributed by atoms with E-state index in [1.54, 1.807) is 0 Å². The molecule has 0 aliphatic carbocycles. The van der Waals surface area contributed by atoms with Crippen LogP contribution in [0.1, 0.15) is 329 Å². The average Bonchev–Trinajstić information content (AvgIpc) is 3.43. The predicted molar refractivity (Wildman–Crippen MR) is 334 cm³/mol. The van der Waals surface area contributed by atoms with Crippen molar-refractivity contribution in [2.75, 3.05) is 13.2 Å². The first-order valence-electron chi connectivity index (χ1n) is 33.1. The fourth-order valence-corrected chi connectivity index (χ4v) is 9.44. The van der Waals surface area contributed by atoms with E-state index in [4.69, 9.17) is 14.2 Å². The second-order valence-electron chi connectivity index (χ2n) is 22.0. The summed E-state index contributed by atoms with van der Waals surface area (Å²) < 4.78 is 16.9. The molecule has 0 aliphatic rings. The standard InChI is InChI=1S/C71H124O6/c1-4-7-10-13-16-19-22-25-28-30-32-33-34-35-36-37-39-40-43-46-49-52-55-58-61-64-70(73)76-67-68(66-75-69(72)63-60-57-54-51-48-45-42-27-24-21-18-15-12-9-6-3)77-71(74)65-62-59-56-53-50-47-44-41-38-31-29-26-23-20-17-14-11-8-5-2/h8,11,17,20,22,25-26,29-30,32,38,41,47,50,68H,4-7,9-10,12-16,18-19,21,23-24,27-28,31,33-37,39-40,42-46,48-49,51-67H2,1-3H3/b11-8-,20-17-,25-22-,29-26-,32-30-,41-38-,50-47-. The number of rotatable bonds is 60. The van der Waals surface area contributed by atoms with Crippen molar-refractivity contribution >= 4 is 17.9 Å². The van der Waals surface area contributed by atoms with Gasteiger partial charge in [0.15, 0.2) is 6.10 Å². The summed E-state index contributed by atoms with van der Waals surface area (Å²) in [5, 5.41) is 0. The van der Waals surface area contributed by atoms with Crippen LogP contribution >= 0.6 is 0 Å². The first-order chi connectivity index (χ1) is 38.0. The lowest BCUT2D eigenvalue weighted by Crippen LogP contribution is -2.30. The van der Waals surface area contributed by atoms with E-state index in [2.05, 4.69) is 106 Å². The van der Waals surface area contributed by atoms with Crippen molar-refractivity contribution in [3.63, 3.8) is 0 Å². The van der Waals surface area contributed by atoms with Gasteiger partial charge in [-0.2, -0.15) is 0 Å². The van der Waals surface area contributed by atoms with Gasteiger partial charge < -0.3 is 14.2 Å². The summed E-state index contributed by atoms with van der Waals surface area (Å²) in [6, 6.07) is 0. The second kappa shape index (κ2) is 65.1. The van der Waals surface area contributed by atoms with E-state index in [9.17, 15) is 14.4 Å². The molecule has 0 aromatic carbocycles. The Kier molecular flexibility index (Phi) is 62.2. The van der Waals surface area contributed by atoms with Crippen molar-refractivity contribution in [3.8, 4) is 0 Å². The van der Waals surface area contributed by atoms with E-state index < -0.39 is 6.10 Å². The summed E-state index contributed by atoms with van der Waals surface area (Å²) in [5.41, 5.74) is 0. The molecule has 0 bridgehead atoms. The largest absolute Gasteiger partial charge is 0.462 e. The maximum Gasteiger partial charge on any atom is 0.306 e. The highest BCUT2D eigenvalue weighted by Gasteiger charge is 2.19. The molecule has 1 unspecified atom stereocenters. The van der Waals surface area contributed by atoms with Gasteiger partial charge >= 0.3 is 17.9 Å². The Balaban J connectivity index is 4.36. The number of allylic oxidation sites excluding steroid dienone is 14. The number of hydrogen-bond donors (Lipinski definition) is 0. The van der Waals surface area contributed by atoms with Crippen molar-refractivity contribution < 1.29 is 28.6 Å². The van der Waals surface area contributed by atoms with Crippen molar-refractivity contribution in [1.29, 1.82) is 0 Å². The van der Waals surface area contributed by atoms with Gasteiger partial charge in [0.2, 0.25) is 0 Å². The van der Waals surface area contributed by atoms with Crippen LogP contribution < -0.4 is 0 Å². The molecule has 0 amide bonds. The highest BCUT2D eigenvalue weighted by molar-refractivity contribution is 5.71. The minimum atomic E-state index is -0.794. The summed E-state index contributed by atoms with van der Waals surface area (Å²) >= 11 is 0. The third-order valence-corrected chi connectivity index (χ3v) is 14.4. The normalized spacial score (nSPS) is 12.6. The van der Waals surface area contributed by atoms with Crippen LogP contribution in [0.3, 0.4) is 0 Å². The van der Waals surface area contributed by atoms with Crippen LogP contribution in [0.2, 0.25) is 0 Å². The van der Waals surface area contributed by atoms with Gasteiger partial charge in [-0.3, -0.25) is 14.4 Å². The zero-order chi connectivity index (χ0) is 55.7. The van der Waals surface area contributed by atoms with Crippen LogP contribution in [0.5, 0.6) is 0 Å². The van der Waals surface area contributed by atoms with Gasteiger partial charge in [-0.15, -0.1) is 0 Å². The number of esters is 3. The van der Waals surface area contributed by atoms with Crippen LogP contribution in [-0.4, -0.2) is 37.2 Å². The molecule has 0 N–H and O–H groups in total. The topological polar surface area (TPSA) is 78.9 Å². The Labute approximate surface area is 477 Å². The molecule has 0 saturated carbocycles. The SMILES string of the molecule is CC/C=C\C/C=C\C/C=C\C/C=C\C/C=C\CCCCCC(=O)OC(COC(=O)CCCCCCCCCCCCCCC/C=C\C/C=C\CCCCCCC)COC(=O)CCCCCCCCCCCCCCCCC. The van der Waals surface area contributed by atoms with Crippen LogP contribution in [0, 0.1) is 0 Å². The van der Waals surface area contributed by atoms with E-state index in [-0.39, 0.29) is 31.1 Å². The molecule has 0 saturated heterocycles. The first kappa shape index (κ1) is 73.6. The monoisotopic (exact) mass is 1070 g/mol. The van der Waals surface area contributed by atoms with Crippen LogP contribution in [0.25, 0.3) is 0 Å². The summed E-state index contributed by atoms with van der Waals surface area (Å²) in [5.74, 6) is -0.905. The molecule has 0 aliphatic heterocycles. The molecule has 0 aromatic heterocycles. The first-order valence-corrected chi connectivity index (χ1v) is 33.1. The molecule has 6 nitrogen and oxygen atoms in total. The number of hydrogen-bond acceptors (Lipinski definition) is 6. The average molecular weight is 1070 g/mol. The van der Waals surface area contributed by atoms with Crippen LogP contribution in [-0.2, 0) is 28.6 Å². The quantitative estimate of drug-likeness (QED) is 0.0261. The molecule has 0 fully saturated rings. The number of carbonyl (C=O) groups is 3. The molecular weight excluding hydrogens is 949 g/mol. The van der Waals surface area contributed by atoms with Gasteiger partial charge in [0.05, 0.1) is 0 Å². The van der Waals surface area contributed by atoms with Gasteiger partial charge in [0.25, 0.3) is 0 Å². The Morgan fingerprint density at radius 3 is 0.805 bits per heavy atom. The Bertz CT molecular complexity index is 1470. The summed E-state index contributed by atoms with van der Waals surface area (Å²) in [6.45, 7) is 6.53. The zero-order valence-corrected chi connectivity index (χ0v) is 51.0. The van der Waals surface area contributed by atoms with Gasteiger partial charge in [-0.25, -0.2) is 0 Å². The van der Waals surface area contributed by atoms with Crippen molar-refractivity contribution in [3.05, 3.63) is 85.1 Å². The molecule has 1 atom stereocenters. The van der Waals surface area contributed by atoms with Crippen LogP contribution in [0.15, 0.2) is 85.1 Å². The van der Waals surface area contributed by atoms with Crippen molar-refractivity contribution in [2.24, 2.45) is 0 Å². The molecule has 0 rings (SSSR count). The van der Waals surface area contributed by atoms with Crippen molar-refractivity contribution in [1.82, 2.24) is 0 Å². The van der Waals surface area contributed by atoms with E-state index in [1.807, 2.05) is 0 Å². The molecule has 77 heavy (non-hydrogen) atoms. The summed E-state index contributed by atoms with van der Waals surface area (Å²) in [4.78, 5) is 38.4. The number of unbranched alkanes of at least 4 members (excludes halogenated alkanes) is 35. The molecule has 444 valence electrons. The maximum absolute atomic E-state index is 12.9. The lowest BCUT2D eigenvalue weighted by molar-refractivity contribution is -0.167. The van der Waals surface area contributed by atoms with Crippen LogP contribution in [0.4, 0.5) is 0 Å². The Morgan fingerprint density at radius 2 is 0.506 bits per heavy atom. The molecule has 6 heteroatoms. The third kappa shape index (κ3) is 63.3. The second-order valence-corrected chi connectivity index (χ2v) is 22.0.